The van der Waals surface area contributed by atoms with Crippen molar-refractivity contribution >= 4 is 11.6 Å². The van der Waals surface area contributed by atoms with Crippen LogP contribution in [0.25, 0.3) is 0 Å². The third-order valence-electron chi connectivity index (χ3n) is 3.43. The topological polar surface area (TPSA) is 29.5 Å². The first-order valence-electron chi connectivity index (χ1n) is 6.54. The number of halogens is 1. The average Bonchev–Trinajstić information content (AvgIpc) is 2.42. The standard InChI is InChI=1S/C17H19ClO2/c1-12-7-8-13(16(18)9-12)11-17(2,19)14-5-4-6-15(10-14)20-3/h4-10,19H,11H2,1-3H3. The van der Waals surface area contributed by atoms with Crippen LogP contribution in [0.4, 0.5) is 0 Å². The highest BCUT2D eigenvalue weighted by atomic mass is 35.5. The van der Waals surface area contributed by atoms with Crippen molar-refractivity contribution in [1.82, 2.24) is 0 Å². The van der Waals surface area contributed by atoms with Crippen LogP contribution in [-0.2, 0) is 12.0 Å². The molecule has 0 amide bonds. The zero-order valence-corrected chi connectivity index (χ0v) is 12.7. The van der Waals surface area contributed by atoms with Gasteiger partial charge in [-0.25, -0.2) is 0 Å². The second-order valence-corrected chi connectivity index (χ2v) is 5.68. The third-order valence-corrected chi connectivity index (χ3v) is 3.79. The molecular formula is C17H19ClO2. The van der Waals surface area contributed by atoms with Gasteiger partial charge in [-0.05, 0) is 48.7 Å². The van der Waals surface area contributed by atoms with Crippen LogP contribution in [0, 0.1) is 6.92 Å². The minimum absolute atomic E-state index is 0.458. The van der Waals surface area contributed by atoms with Crippen molar-refractivity contribution in [1.29, 1.82) is 0 Å². The third kappa shape index (κ3) is 3.33. The van der Waals surface area contributed by atoms with Crippen LogP contribution in [0.15, 0.2) is 42.5 Å². The highest BCUT2D eigenvalue weighted by Crippen LogP contribution is 2.30. The van der Waals surface area contributed by atoms with E-state index < -0.39 is 5.60 Å². The van der Waals surface area contributed by atoms with Crippen molar-refractivity contribution in [2.45, 2.75) is 25.9 Å². The van der Waals surface area contributed by atoms with Crippen LogP contribution < -0.4 is 4.74 Å². The Balaban J connectivity index is 2.29. The first kappa shape index (κ1) is 14.9. The molecule has 0 spiro atoms. The predicted octanol–water partition coefficient (Wildman–Crippen LogP) is 4.11. The largest absolute Gasteiger partial charge is 0.497 e. The Bertz CT molecular complexity index is 606. The molecule has 20 heavy (non-hydrogen) atoms. The quantitative estimate of drug-likeness (QED) is 0.918. The van der Waals surface area contributed by atoms with E-state index in [0.717, 1.165) is 22.4 Å². The van der Waals surface area contributed by atoms with Crippen LogP contribution >= 0.6 is 11.6 Å². The van der Waals surface area contributed by atoms with Gasteiger partial charge in [0.25, 0.3) is 0 Å². The van der Waals surface area contributed by atoms with E-state index in [0.29, 0.717) is 11.4 Å². The molecule has 0 saturated carbocycles. The summed E-state index contributed by atoms with van der Waals surface area (Å²) in [5.41, 5.74) is 1.87. The molecule has 0 bridgehead atoms. The van der Waals surface area contributed by atoms with Crippen molar-refractivity contribution in [3.63, 3.8) is 0 Å². The second-order valence-electron chi connectivity index (χ2n) is 5.28. The number of rotatable bonds is 4. The smallest absolute Gasteiger partial charge is 0.119 e. The van der Waals surface area contributed by atoms with Crippen LogP contribution in [0.2, 0.25) is 5.02 Å². The fourth-order valence-electron chi connectivity index (χ4n) is 2.23. The number of hydrogen-bond donors (Lipinski definition) is 1. The highest BCUT2D eigenvalue weighted by molar-refractivity contribution is 6.31. The molecule has 0 aliphatic rings. The molecule has 0 saturated heterocycles. The Kier molecular flexibility index (Phi) is 4.36. The van der Waals surface area contributed by atoms with Crippen molar-refractivity contribution in [3.05, 3.63) is 64.2 Å². The van der Waals surface area contributed by atoms with E-state index in [1.54, 1.807) is 14.0 Å². The number of ether oxygens (including phenoxy) is 1. The summed E-state index contributed by atoms with van der Waals surface area (Å²) >= 11 is 6.25. The Morgan fingerprint density at radius 3 is 2.60 bits per heavy atom. The number of hydrogen-bond acceptors (Lipinski definition) is 2. The van der Waals surface area contributed by atoms with Crippen molar-refractivity contribution < 1.29 is 9.84 Å². The summed E-state index contributed by atoms with van der Waals surface area (Å²) in [6.07, 6.45) is 0.458. The van der Waals surface area contributed by atoms with Gasteiger partial charge in [-0.2, -0.15) is 0 Å². The number of aliphatic hydroxyl groups is 1. The molecule has 1 atom stereocenters. The minimum Gasteiger partial charge on any atom is -0.497 e. The van der Waals surface area contributed by atoms with Gasteiger partial charge in [0.2, 0.25) is 0 Å². The molecule has 2 rings (SSSR count). The van der Waals surface area contributed by atoms with E-state index in [2.05, 4.69) is 0 Å². The van der Waals surface area contributed by atoms with Crippen molar-refractivity contribution in [2.24, 2.45) is 0 Å². The molecule has 0 fully saturated rings. The van der Waals surface area contributed by atoms with Gasteiger partial charge in [-0.3, -0.25) is 0 Å². The molecule has 0 radical (unpaired) electrons. The Morgan fingerprint density at radius 2 is 1.95 bits per heavy atom. The summed E-state index contributed by atoms with van der Waals surface area (Å²) in [7, 11) is 1.62. The molecule has 2 aromatic carbocycles. The fraction of sp³-hybridized carbons (Fsp3) is 0.294. The van der Waals surface area contributed by atoms with Gasteiger partial charge in [0.05, 0.1) is 12.7 Å². The maximum atomic E-state index is 10.7. The molecule has 0 heterocycles. The van der Waals surface area contributed by atoms with Crippen molar-refractivity contribution in [3.8, 4) is 5.75 Å². The average molecular weight is 291 g/mol. The summed E-state index contributed by atoms with van der Waals surface area (Å²) < 4.78 is 5.20. The van der Waals surface area contributed by atoms with E-state index >= 15 is 0 Å². The van der Waals surface area contributed by atoms with Crippen LogP contribution in [0.3, 0.4) is 0 Å². The molecule has 2 nitrogen and oxygen atoms in total. The van der Waals surface area contributed by atoms with E-state index in [1.807, 2.05) is 49.4 Å². The van der Waals surface area contributed by atoms with Crippen LogP contribution in [-0.4, -0.2) is 12.2 Å². The van der Waals surface area contributed by atoms with E-state index in [9.17, 15) is 5.11 Å². The first-order valence-corrected chi connectivity index (χ1v) is 6.92. The fourth-order valence-corrected chi connectivity index (χ4v) is 2.53. The SMILES string of the molecule is COc1cccc(C(C)(O)Cc2ccc(C)cc2Cl)c1. The second kappa shape index (κ2) is 5.86. The Hall–Kier alpha value is -1.51. The Morgan fingerprint density at radius 1 is 1.20 bits per heavy atom. The van der Waals surface area contributed by atoms with E-state index in [1.165, 1.54) is 0 Å². The maximum Gasteiger partial charge on any atom is 0.119 e. The van der Waals surface area contributed by atoms with Gasteiger partial charge >= 0.3 is 0 Å². The zero-order chi connectivity index (χ0) is 14.8. The number of benzene rings is 2. The lowest BCUT2D eigenvalue weighted by Crippen LogP contribution is -2.24. The van der Waals surface area contributed by atoms with Crippen molar-refractivity contribution in [2.75, 3.05) is 7.11 Å². The molecule has 0 aliphatic carbocycles. The van der Waals surface area contributed by atoms with Gasteiger partial charge in [0, 0.05) is 11.4 Å². The minimum atomic E-state index is -0.993. The van der Waals surface area contributed by atoms with Gasteiger partial charge in [0.15, 0.2) is 0 Å². The summed E-state index contributed by atoms with van der Waals surface area (Å²) in [6, 6.07) is 13.4. The first-order chi connectivity index (χ1) is 9.42. The van der Waals surface area contributed by atoms with Crippen LogP contribution in [0.5, 0.6) is 5.75 Å². The molecule has 1 unspecified atom stereocenters. The normalized spacial score (nSPS) is 13.8. The molecule has 2 aromatic rings. The number of aryl methyl sites for hydroxylation is 1. The van der Waals surface area contributed by atoms with Gasteiger partial charge in [-0.15, -0.1) is 0 Å². The predicted molar refractivity (Wildman–Crippen MR) is 82.5 cm³/mol. The Labute approximate surface area is 125 Å². The monoisotopic (exact) mass is 290 g/mol. The summed E-state index contributed by atoms with van der Waals surface area (Å²) in [5.74, 6) is 0.734. The summed E-state index contributed by atoms with van der Waals surface area (Å²) in [4.78, 5) is 0. The van der Waals surface area contributed by atoms with Gasteiger partial charge in [0.1, 0.15) is 5.75 Å². The lowest BCUT2D eigenvalue weighted by Gasteiger charge is -2.25. The lowest BCUT2D eigenvalue weighted by molar-refractivity contribution is 0.0574. The molecule has 0 aromatic heterocycles. The van der Waals surface area contributed by atoms with E-state index in [4.69, 9.17) is 16.3 Å². The van der Waals surface area contributed by atoms with Crippen LogP contribution in [0.1, 0.15) is 23.6 Å². The zero-order valence-electron chi connectivity index (χ0n) is 12.0. The molecular weight excluding hydrogens is 272 g/mol. The number of methoxy groups -OCH3 is 1. The maximum absolute atomic E-state index is 10.7. The van der Waals surface area contributed by atoms with Gasteiger partial charge < -0.3 is 9.84 Å². The molecule has 1 N–H and O–H groups in total. The highest BCUT2D eigenvalue weighted by Gasteiger charge is 2.25. The van der Waals surface area contributed by atoms with Gasteiger partial charge in [-0.1, -0.05) is 35.9 Å². The van der Waals surface area contributed by atoms with E-state index in [-0.39, 0.29) is 0 Å². The molecule has 0 aliphatic heterocycles. The molecule has 3 heteroatoms. The molecule has 106 valence electrons. The summed E-state index contributed by atoms with van der Waals surface area (Å²) in [6.45, 7) is 3.79. The lowest BCUT2D eigenvalue weighted by atomic mass is 9.88. The summed E-state index contributed by atoms with van der Waals surface area (Å²) in [5, 5.41) is 11.4.